The maximum Gasteiger partial charge on any atom is 0.175 e. The van der Waals surface area contributed by atoms with Crippen LogP contribution in [0.25, 0.3) is 11.0 Å². The number of rotatable bonds is 6. The summed E-state index contributed by atoms with van der Waals surface area (Å²) in [4.78, 5) is 0. The van der Waals surface area contributed by atoms with E-state index in [1.807, 2.05) is 31.3 Å². The van der Waals surface area contributed by atoms with E-state index in [1.54, 1.807) is 17.6 Å². The smallest absolute Gasteiger partial charge is 0.175 e. The molecule has 1 N–H and O–H groups in total. The van der Waals surface area contributed by atoms with Gasteiger partial charge in [-0.15, -0.1) is 0 Å². The Labute approximate surface area is 122 Å². The minimum atomic E-state index is 0.0457. The van der Waals surface area contributed by atoms with Gasteiger partial charge in [0.25, 0.3) is 0 Å². The van der Waals surface area contributed by atoms with Crippen molar-refractivity contribution in [2.75, 3.05) is 13.6 Å². The molecule has 0 aliphatic heterocycles. The standard InChI is InChI=1S/C16H17NO2S/c1-17-8-5-14(13-7-10-20-11-13)19-15-4-2-3-12-6-9-18-16(12)15/h2-4,6-7,9-11,14,17H,5,8H2,1H3. The molecule has 3 nitrogen and oxygen atoms in total. The van der Waals surface area contributed by atoms with Crippen molar-refractivity contribution in [2.45, 2.75) is 12.5 Å². The van der Waals surface area contributed by atoms with Gasteiger partial charge in [-0.1, -0.05) is 12.1 Å². The van der Waals surface area contributed by atoms with Gasteiger partial charge in [-0.25, -0.2) is 0 Å². The SMILES string of the molecule is CNCCC(Oc1cccc2ccoc12)c1ccsc1. The summed E-state index contributed by atoms with van der Waals surface area (Å²) in [5, 5.41) is 8.47. The van der Waals surface area contributed by atoms with E-state index >= 15 is 0 Å². The van der Waals surface area contributed by atoms with Crippen molar-refractivity contribution in [1.82, 2.24) is 5.32 Å². The molecule has 0 fully saturated rings. The Morgan fingerprint density at radius 2 is 2.25 bits per heavy atom. The average Bonchev–Trinajstić information content (AvgIpc) is 3.14. The van der Waals surface area contributed by atoms with E-state index in [0.29, 0.717) is 0 Å². The van der Waals surface area contributed by atoms with Crippen LogP contribution in [-0.4, -0.2) is 13.6 Å². The van der Waals surface area contributed by atoms with Crippen LogP contribution in [0.3, 0.4) is 0 Å². The molecule has 0 saturated heterocycles. The second-order valence-electron chi connectivity index (χ2n) is 4.65. The van der Waals surface area contributed by atoms with Crippen molar-refractivity contribution >= 4 is 22.3 Å². The molecular weight excluding hydrogens is 270 g/mol. The van der Waals surface area contributed by atoms with Crippen molar-refractivity contribution in [3.63, 3.8) is 0 Å². The van der Waals surface area contributed by atoms with Gasteiger partial charge in [-0.2, -0.15) is 11.3 Å². The predicted molar refractivity (Wildman–Crippen MR) is 82.4 cm³/mol. The summed E-state index contributed by atoms with van der Waals surface area (Å²) in [6.07, 6.45) is 2.67. The van der Waals surface area contributed by atoms with E-state index in [1.165, 1.54) is 5.56 Å². The lowest BCUT2D eigenvalue weighted by Gasteiger charge is -2.18. The van der Waals surface area contributed by atoms with E-state index in [4.69, 9.17) is 9.15 Å². The van der Waals surface area contributed by atoms with Crippen LogP contribution < -0.4 is 10.1 Å². The van der Waals surface area contributed by atoms with E-state index in [-0.39, 0.29) is 6.10 Å². The van der Waals surface area contributed by atoms with E-state index in [9.17, 15) is 0 Å². The summed E-state index contributed by atoms with van der Waals surface area (Å²) in [6.45, 7) is 0.911. The largest absolute Gasteiger partial charge is 0.482 e. The number of thiophene rings is 1. The van der Waals surface area contributed by atoms with Crippen LogP contribution in [0.4, 0.5) is 0 Å². The summed E-state index contributed by atoms with van der Waals surface area (Å²) in [5.74, 6) is 0.805. The molecular formula is C16H17NO2S. The topological polar surface area (TPSA) is 34.4 Å². The highest BCUT2D eigenvalue weighted by Crippen LogP contribution is 2.32. The van der Waals surface area contributed by atoms with Crippen LogP contribution in [0, 0.1) is 0 Å². The lowest BCUT2D eigenvalue weighted by atomic mass is 10.1. The Bertz CT molecular complexity index is 660. The van der Waals surface area contributed by atoms with Crippen LogP contribution >= 0.6 is 11.3 Å². The van der Waals surface area contributed by atoms with Crippen LogP contribution in [0.5, 0.6) is 5.75 Å². The molecule has 0 aliphatic rings. The Balaban J connectivity index is 1.87. The molecule has 0 aliphatic carbocycles. The minimum Gasteiger partial charge on any atom is -0.482 e. The van der Waals surface area contributed by atoms with Crippen molar-refractivity contribution in [1.29, 1.82) is 0 Å². The van der Waals surface area contributed by atoms with E-state index in [0.717, 1.165) is 29.7 Å². The van der Waals surface area contributed by atoms with Gasteiger partial charge in [-0.05, 0) is 42.6 Å². The van der Waals surface area contributed by atoms with Crippen LogP contribution in [0.15, 0.2) is 51.8 Å². The first-order chi connectivity index (χ1) is 9.88. The molecule has 3 rings (SSSR count). The fraction of sp³-hybridized carbons (Fsp3) is 0.250. The first-order valence-electron chi connectivity index (χ1n) is 6.68. The molecule has 0 bridgehead atoms. The highest BCUT2D eigenvalue weighted by atomic mass is 32.1. The molecule has 1 unspecified atom stereocenters. The van der Waals surface area contributed by atoms with Gasteiger partial charge in [-0.3, -0.25) is 0 Å². The number of furan rings is 1. The van der Waals surface area contributed by atoms with E-state index < -0.39 is 0 Å². The Kier molecular flexibility index (Phi) is 4.04. The molecule has 20 heavy (non-hydrogen) atoms. The summed E-state index contributed by atoms with van der Waals surface area (Å²) >= 11 is 1.69. The van der Waals surface area contributed by atoms with Gasteiger partial charge in [0, 0.05) is 17.4 Å². The quantitative estimate of drug-likeness (QED) is 0.737. The van der Waals surface area contributed by atoms with Crippen LogP contribution in [-0.2, 0) is 0 Å². The first kappa shape index (κ1) is 13.2. The third-order valence-electron chi connectivity index (χ3n) is 3.28. The second-order valence-corrected chi connectivity index (χ2v) is 5.43. The highest BCUT2D eigenvalue weighted by Gasteiger charge is 2.16. The van der Waals surface area contributed by atoms with E-state index in [2.05, 4.69) is 22.1 Å². The predicted octanol–water partition coefficient (Wildman–Crippen LogP) is 4.22. The Morgan fingerprint density at radius 1 is 1.30 bits per heavy atom. The molecule has 0 spiro atoms. The zero-order valence-electron chi connectivity index (χ0n) is 11.3. The monoisotopic (exact) mass is 287 g/mol. The highest BCUT2D eigenvalue weighted by molar-refractivity contribution is 7.07. The molecule has 0 amide bonds. The van der Waals surface area contributed by atoms with Crippen molar-refractivity contribution in [3.8, 4) is 5.75 Å². The summed E-state index contributed by atoms with van der Waals surface area (Å²) in [6, 6.07) is 10.1. The van der Waals surface area contributed by atoms with Crippen LogP contribution in [0.1, 0.15) is 18.1 Å². The third kappa shape index (κ3) is 2.71. The molecule has 1 aromatic carbocycles. The van der Waals surface area contributed by atoms with Crippen LogP contribution in [0.2, 0.25) is 0 Å². The van der Waals surface area contributed by atoms with Crippen molar-refractivity contribution < 1.29 is 9.15 Å². The second kappa shape index (κ2) is 6.11. The fourth-order valence-electron chi connectivity index (χ4n) is 2.24. The molecule has 0 radical (unpaired) electrons. The number of hydrogen-bond acceptors (Lipinski definition) is 4. The number of ether oxygens (including phenoxy) is 1. The molecule has 104 valence electrons. The fourth-order valence-corrected chi connectivity index (χ4v) is 2.94. The zero-order valence-corrected chi connectivity index (χ0v) is 12.2. The minimum absolute atomic E-state index is 0.0457. The van der Waals surface area contributed by atoms with Crippen molar-refractivity contribution in [3.05, 3.63) is 52.9 Å². The first-order valence-corrected chi connectivity index (χ1v) is 7.62. The lowest BCUT2D eigenvalue weighted by Crippen LogP contribution is -2.15. The Morgan fingerprint density at radius 3 is 3.05 bits per heavy atom. The summed E-state index contributed by atoms with van der Waals surface area (Å²) < 4.78 is 11.7. The normalized spacial score (nSPS) is 12.7. The molecule has 2 aromatic heterocycles. The molecule has 2 heterocycles. The summed E-state index contributed by atoms with van der Waals surface area (Å²) in [7, 11) is 1.96. The van der Waals surface area contributed by atoms with Gasteiger partial charge >= 0.3 is 0 Å². The number of hydrogen-bond donors (Lipinski definition) is 1. The zero-order chi connectivity index (χ0) is 13.8. The number of para-hydroxylation sites is 1. The lowest BCUT2D eigenvalue weighted by molar-refractivity contribution is 0.196. The van der Waals surface area contributed by atoms with Gasteiger partial charge in [0.05, 0.1) is 6.26 Å². The van der Waals surface area contributed by atoms with Gasteiger partial charge < -0.3 is 14.5 Å². The molecule has 3 aromatic rings. The van der Waals surface area contributed by atoms with Gasteiger partial charge in [0.15, 0.2) is 11.3 Å². The van der Waals surface area contributed by atoms with Crippen molar-refractivity contribution in [2.24, 2.45) is 0 Å². The Hall–Kier alpha value is -1.78. The number of nitrogens with one attached hydrogen (secondary N) is 1. The molecule has 4 heteroatoms. The molecule has 0 saturated carbocycles. The molecule has 1 atom stereocenters. The van der Waals surface area contributed by atoms with Gasteiger partial charge in [0.1, 0.15) is 6.10 Å². The maximum absolute atomic E-state index is 6.21. The summed E-state index contributed by atoms with van der Waals surface area (Å²) in [5.41, 5.74) is 2.03. The number of benzene rings is 1. The third-order valence-corrected chi connectivity index (χ3v) is 3.99. The number of fused-ring (bicyclic) bond motifs is 1. The van der Waals surface area contributed by atoms with Gasteiger partial charge in [0.2, 0.25) is 0 Å². The average molecular weight is 287 g/mol. The maximum atomic E-state index is 6.21.